The van der Waals surface area contributed by atoms with Crippen LogP contribution in [0.15, 0.2) is 41.4 Å². The molecule has 0 fully saturated rings. The van der Waals surface area contributed by atoms with Gasteiger partial charge in [0.2, 0.25) is 10.0 Å². The molecule has 1 aromatic heterocycles. The van der Waals surface area contributed by atoms with E-state index in [4.69, 9.17) is 4.74 Å². The number of aryl methyl sites for hydroxylation is 1. The summed E-state index contributed by atoms with van der Waals surface area (Å²) in [7, 11) is 0.585. The van der Waals surface area contributed by atoms with Crippen LogP contribution in [0.2, 0.25) is 0 Å². The van der Waals surface area contributed by atoms with E-state index in [1.54, 1.807) is 12.1 Å². The molecule has 1 heterocycles. The number of carbonyl (C=O) groups excluding carboxylic acids is 2. The normalized spacial score (nSPS) is 11.3. The number of benzene rings is 1. The molecule has 1 aromatic carbocycles. The van der Waals surface area contributed by atoms with Crippen molar-refractivity contribution >= 4 is 21.9 Å². The molecule has 0 aliphatic carbocycles. The van der Waals surface area contributed by atoms with Gasteiger partial charge in [-0.15, -0.1) is 0 Å². The van der Waals surface area contributed by atoms with Crippen molar-refractivity contribution in [2.75, 3.05) is 20.7 Å². The van der Waals surface area contributed by atoms with E-state index in [9.17, 15) is 22.4 Å². The molecule has 2 rings (SSSR count). The summed E-state index contributed by atoms with van der Waals surface area (Å²) >= 11 is 0. The predicted octanol–water partition coefficient (Wildman–Crippen LogP) is 0.888. The summed E-state index contributed by atoms with van der Waals surface area (Å²) in [6.07, 6.45) is 1.27. The molecule has 1 N–H and O–H groups in total. The maximum absolute atomic E-state index is 12.9. The molecule has 10 heteroatoms. The Morgan fingerprint density at radius 3 is 2.48 bits per heavy atom. The number of halogens is 1. The lowest BCUT2D eigenvalue weighted by Gasteiger charge is -2.17. The highest BCUT2D eigenvalue weighted by molar-refractivity contribution is 7.89. The van der Waals surface area contributed by atoms with E-state index in [1.807, 2.05) is 0 Å². The van der Waals surface area contributed by atoms with E-state index >= 15 is 0 Å². The highest BCUT2D eigenvalue weighted by Crippen LogP contribution is 2.14. The van der Waals surface area contributed by atoms with Crippen molar-refractivity contribution in [2.24, 2.45) is 7.05 Å². The van der Waals surface area contributed by atoms with E-state index in [2.05, 4.69) is 4.72 Å². The van der Waals surface area contributed by atoms with Gasteiger partial charge in [-0.05, 0) is 30.8 Å². The third kappa shape index (κ3) is 5.14. The summed E-state index contributed by atoms with van der Waals surface area (Å²) in [6.45, 7) is -0.277. The second-order valence-corrected chi connectivity index (χ2v) is 7.72. The Kier molecular flexibility index (Phi) is 6.34. The predicted molar refractivity (Wildman–Crippen MR) is 94.8 cm³/mol. The van der Waals surface area contributed by atoms with Crippen molar-refractivity contribution in [2.45, 2.75) is 11.4 Å². The van der Waals surface area contributed by atoms with E-state index in [0.29, 0.717) is 0 Å². The van der Waals surface area contributed by atoms with Gasteiger partial charge in [0, 0.05) is 26.8 Å². The Labute approximate surface area is 156 Å². The van der Waals surface area contributed by atoms with E-state index in [-0.39, 0.29) is 23.0 Å². The van der Waals surface area contributed by atoms with Gasteiger partial charge >= 0.3 is 5.97 Å². The Balaban J connectivity index is 1.96. The lowest BCUT2D eigenvalue weighted by Crippen LogP contribution is -2.31. The van der Waals surface area contributed by atoms with Gasteiger partial charge in [-0.3, -0.25) is 4.79 Å². The first kappa shape index (κ1) is 20.6. The number of esters is 1. The molecular formula is C17H20FN3O5S. The molecule has 0 saturated carbocycles. The SMILES string of the molecule is CNS(=O)(=O)c1cc(C(=O)OCC(=O)N(C)Cc2ccc(F)cc2)n(C)c1. The molecule has 0 bridgehead atoms. The highest BCUT2D eigenvalue weighted by atomic mass is 32.2. The lowest BCUT2D eigenvalue weighted by molar-refractivity contribution is -0.133. The molecule has 0 aliphatic heterocycles. The number of amides is 1. The maximum atomic E-state index is 12.9. The molecule has 0 radical (unpaired) electrons. The number of rotatable bonds is 7. The summed E-state index contributed by atoms with van der Waals surface area (Å²) in [4.78, 5) is 25.5. The minimum absolute atomic E-state index is 0.00203. The second-order valence-electron chi connectivity index (χ2n) is 5.83. The fourth-order valence-electron chi connectivity index (χ4n) is 2.27. The number of nitrogens with one attached hydrogen (secondary N) is 1. The Hall–Kier alpha value is -2.72. The third-order valence-electron chi connectivity index (χ3n) is 3.85. The van der Waals surface area contributed by atoms with Gasteiger partial charge in [-0.2, -0.15) is 0 Å². The summed E-state index contributed by atoms with van der Waals surface area (Å²) in [5, 5.41) is 0. The third-order valence-corrected chi connectivity index (χ3v) is 5.23. The average molecular weight is 397 g/mol. The zero-order valence-corrected chi connectivity index (χ0v) is 15.9. The van der Waals surface area contributed by atoms with E-state index < -0.39 is 28.5 Å². The summed E-state index contributed by atoms with van der Waals surface area (Å²) in [5.41, 5.74) is 0.723. The van der Waals surface area contributed by atoms with Crippen LogP contribution in [-0.2, 0) is 33.1 Å². The number of ether oxygens (including phenoxy) is 1. The second kappa shape index (κ2) is 8.31. The Bertz CT molecular complexity index is 938. The van der Waals surface area contributed by atoms with Crippen molar-refractivity contribution in [3.63, 3.8) is 0 Å². The maximum Gasteiger partial charge on any atom is 0.355 e. The number of nitrogens with zero attached hydrogens (tertiary/aromatic N) is 2. The molecule has 0 unspecified atom stereocenters. The van der Waals surface area contributed by atoms with Crippen LogP contribution in [0.5, 0.6) is 0 Å². The fraction of sp³-hybridized carbons (Fsp3) is 0.294. The monoisotopic (exact) mass is 397 g/mol. The summed E-state index contributed by atoms with van der Waals surface area (Å²) < 4.78 is 44.9. The minimum atomic E-state index is -3.70. The average Bonchev–Trinajstić information content (AvgIpc) is 3.04. The van der Waals surface area contributed by atoms with Crippen LogP contribution in [0, 0.1) is 5.82 Å². The number of aromatic nitrogens is 1. The van der Waals surface area contributed by atoms with Crippen LogP contribution in [0.4, 0.5) is 4.39 Å². The van der Waals surface area contributed by atoms with E-state index in [1.165, 1.54) is 55.0 Å². The molecule has 8 nitrogen and oxygen atoms in total. The first-order valence-electron chi connectivity index (χ1n) is 7.89. The molecule has 27 heavy (non-hydrogen) atoms. The standard InChI is InChI=1S/C17H20FN3O5S/c1-19-27(24,25)14-8-15(20(2)10-14)17(23)26-11-16(22)21(3)9-12-4-6-13(18)7-5-12/h4-8,10,19H,9,11H2,1-3H3. The van der Waals surface area contributed by atoms with Gasteiger partial charge < -0.3 is 14.2 Å². The molecule has 0 aliphatic rings. The van der Waals surface area contributed by atoms with Crippen LogP contribution in [0.25, 0.3) is 0 Å². The van der Waals surface area contributed by atoms with Gasteiger partial charge in [0.05, 0.1) is 0 Å². The molecule has 1 amide bonds. The summed E-state index contributed by atoms with van der Waals surface area (Å²) in [5.74, 6) is -1.65. The number of hydrogen-bond donors (Lipinski definition) is 1. The zero-order valence-electron chi connectivity index (χ0n) is 15.1. The minimum Gasteiger partial charge on any atom is -0.451 e. The molecular weight excluding hydrogens is 377 g/mol. The quantitative estimate of drug-likeness (QED) is 0.700. The lowest BCUT2D eigenvalue weighted by atomic mass is 10.2. The molecule has 0 atom stereocenters. The van der Waals surface area contributed by atoms with Gasteiger partial charge in [-0.1, -0.05) is 12.1 Å². The molecule has 2 aromatic rings. The molecule has 146 valence electrons. The largest absolute Gasteiger partial charge is 0.451 e. The number of likely N-dealkylation sites (N-methyl/N-ethyl adjacent to an activating group) is 1. The van der Waals surface area contributed by atoms with Crippen LogP contribution in [0.1, 0.15) is 16.1 Å². The van der Waals surface area contributed by atoms with Crippen molar-refractivity contribution in [1.82, 2.24) is 14.2 Å². The number of sulfonamides is 1. The first-order valence-corrected chi connectivity index (χ1v) is 9.38. The number of hydrogen-bond acceptors (Lipinski definition) is 5. The van der Waals surface area contributed by atoms with Gasteiger partial charge in [0.25, 0.3) is 5.91 Å². The van der Waals surface area contributed by atoms with Crippen LogP contribution < -0.4 is 4.72 Å². The molecule has 0 saturated heterocycles. The van der Waals surface area contributed by atoms with Gasteiger partial charge in [0.1, 0.15) is 16.4 Å². The fourth-order valence-corrected chi connectivity index (χ4v) is 3.06. The van der Waals surface area contributed by atoms with Crippen LogP contribution in [-0.4, -0.2) is 50.5 Å². The molecule has 0 spiro atoms. The smallest absolute Gasteiger partial charge is 0.355 e. The van der Waals surface area contributed by atoms with Gasteiger partial charge in [0.15, 0.2) is 6.61 Å². The zero-order chi connectivity index (χ0) is 20.2. The van der Waals surface area contributed by atoms with Crippen molar-refractivity contribution in [1.29, 1.82) is 0 Å². The van der Waals surface area contributed by atoms with Crippen molar-refractivity contribution < 1.29 is 27.1 Å². The first-order chi connectivity index (χ1) is 12.6. The highest BCUT2D eigenvalue weighted by Gasteiger charge is 2.21. The number of carbonyl (C=O) groups is 2. The van der Waals surface area contributed by atoms with Crippen LogP contribution >= 0.6 is 0 Å². The van der Waals surface area contributed by atoms with Gasteiger partial charge in [-0.25, -0.2) is 22.3 Å². The van der Waals surface area contributed by atoms with Crippen LogP contribution in [0.3, 0.4) is 0 Å². The Morgan fingerprint density at radius 2 is 1.89 bits per heavy atom. The van der Waals surface area contributed by atoms with E-state index in [0.717, 1.165) is 5.56 Å². The van der Waals surface area contributed by atoms with Crippen molar-refractivity contribution in [3.05, 3.63) is 53.6 Å². The summed E-state index contributed by atoms with van der Waals surface area (Å²) in [6, 6.07) is 6.86. The topological polar surface area (TPSA) is 97.7 Å². The Morgan fingerprint density at radius 1 is 1.26 bits per heavy atom. The van der Waals surface area contributed by atoms with Crippen molar-refractivity contribution in [3.8, 4) is 0 Å².